The van der Waals surface area contributed by atoms with Crippen LogP contribution in [0.3, 0.4) is 0 Å². The molecule has 0 aromatic heterocycles. The van der Waals surface area contributed by atoms with Gasteiger partial charge in [0.25, 0.3) is 0 Å². The highest BCUT2D eigenvalue weighted by molar-refractivity contribution is 6.19. The van der Waals surface area contributed by atoms with Gasteiger partial charge in [0.1, 0.15) is 11.8 Å². The molecule has 0 saturated heterocycles. The number of hydrogen-bond donors (Lipinski definition) is 2. The highest BCUT2D eigenvalue weighted by Gasteiger charge is 2.26. The molecule has 1 aliphatic heterocycles. The molecule has 1 unspecified atom stereocenters. The number of hydrogen-bond acceptors (Lipinski definition) is 3. The van der Waals surface area contributed by atoms with Gasteiger partial charge < -0.3 is 10.4 Å². The van der Waals surface area contributed by atoms with Gasteiger partial charge in [0.2, 0.25) is 5.91 Å². The van der Waals surface area contributed by atoms with Crippen LogP contribution in [0.4, 0.5) is 5.69 Å². The Balaban J connectivity index is 1.83. The van der Waals surface area contributed by atoms with Crippen molar-refractivity contribution < 1.29 is 9.90 Å². The molecule has 1 aliphatic rings. The van der Waals surface area contributed by atoms with Crippen molar-refractivity contribution >= 4 is 17.3 Å². The first-order valence-electron chi connectivity index (χ1n) is 8.93. The van der Waals surface area contributed by atoms with Gasteiger partial charge in [-0.3, -0.25) is 9.79 Å². The molecule has 4 nitrogen and oxygen atoms in total. The standard InChI is InChI=1S/C23H20N2O2/c1-15-7-12-20-19(13-15)22(17-8-10-18(26)11-9-17)24-21(23(27)25-20)14-16-5-3-2-4-6-16/h2-13,21,26H,14H2,1H3,(H,25,27). The normalized spacial score (nSPS) is 16.1. The lowest BCUT2D eigenvalue weighted by atomic mass is 9.98. The van der Waals surface area contributed by atoms with E-state index in [2.05, 4.69) is 5.32 Å². The largest absolute Gasteiger partial charge is 0.508 e. The smallest absolute Gasteiger partial charge is 0.249 e. The van der Waals surface area contributed by atoms with Crippen LogP contribution in [0, 0.1) is 6.92 Å². The summed E-state index contributed by atoms with van der Waals surface area (Å²) in [6.07, 6.45) is 0.529. The van der Waals surface area contributed by atoms with Gasteiger partial charge in [-0.25, -0.2) is 0 Å². The van der Waals surface area contributed by atoms with Crippen molar-refractivity contribution in [2.45, 2.75) is 19.4 Å². The predicted octanol–water partition coefficient (Wildman–Crippen LogP) is 4.10. The highest BCUT2D eigenvalue weighted by atomic mass is 16.3. The quantitative estimate of drug-likeness (QED) is 0.742. The molecule has 0 radical (unpaired) electrons. The first-order chi connectivity index (χ1) is 13.1. The summed E-state index contributed by atoms with van der Waals surface area (Å²) in [6.45, 7) is 2.02. The van der Waals surface area contributed by atoms with E-state index in [1.165, 1.54) is 0 Å². The Labute approximate surface area is 158 Å². The minimum atomic E-state index is -0.524. The maximum absolute atomic E-state index is 12.8. The summed E-state index contributed by atoms with van der Waals surface area (Å²) in [4.78, 5) is 17.7. The average molecular weight is 356 g/mol. The van der Waals surface area contributed by atoms with E-state index >= 15 is 0 Å². The number of benzene rings is 3. The van der Waals surface area contributed by atoms with E-state index in [0.717, 1.165) is 33.7 Å². The fraction of sp³-hybridized carbons (Fsp3) is 0.130. The van der Waals surface area contributed by atoms with E-state index < -0.39 is 6.04 Å². The summed E-state index contributed by atoms with van der Waals surface area (Å²) in [5, 5.41) is 12.7. The van der Waals surface area contributed by atoms with Crippen LogP contribution in [-0.2, 0) is 11.2 Å². The van der Waals surface area contributed by atoms with Crippen molar-refractivity contribution in [3.05, 3.63) is 95.1 Å². The second-order valence-corrected chi connectivity index (χ2v) is 6.77. The first kappa shape index (κ1) is 17.0. The van der Waals surface area contributed by atoms with E-state index in [9.17, 15) is 9.90 Å². The number of phenolic OH excluding ortho intramolecular Hbond substituents is 1. The zero-order chi connectivity index (χ0) is 18.8. The first-order valence-corrected chi connectivity index (χ1v) is 8.93. The van der Waals surface area contributed by atoms with Gasteiger partial charge in [-0.15, -0.1) is 0 Å². The number of carbonyl (C=O) groups is 1. The second kappa shape index (κ2) is 7.08. The number of amides is 1. The number of benzodiazepines with no additional fused rings is 1. The monoisotopic (exact) mass is 356 g/mol. The van der Waals surface area contributed by atoms with Gasteiger partial charge in [-0.1, -0.05) is 42.0 Å². The van der Waals surface area contributed by atoms with Gasteiger partial charge in [-0.05, 0) is 48.9 Å². The van der Waals surface area contributed by atoms with Crippen LogP contribution in [0.15, 0.2) is 77.8 Å². The molecule has 0 bridgehead atoms. The molecule has 4 heteroatoms. The van der Waals surface area contributed by atoms with Gasteiger partial charge in [-0.2, -0.15) is 0 Å². The van der Waals surface area contributed by atoms with Crippen molar-refractivity contribution in [1.29, 1.82) is 0 Å². The van der Waals surface area contributed by atoms with Gasteiger partial charge in [0.15, 0.2) is 0 Å². The molecule has 0 saturated carbocycles. The molecule has 3 aromatic carbocycles. The fourth-order valence-electron chi connectivity index (χ4n) is 3.29. The van der Waals surface area contributed by atoms with Crippen LogP contribution in [0.25, 0.3) is 0 Å². The van der Waals surface area contributed by atoms with E-state index in [0.29, 0.717) is 6.42 Å². The number of rotatable bonds is 3. The topological polar surface area (TPSA) is 61.7 Å². The fourth-order valence-corrected chi connectivity index (χ4v) is 3.29. The third-order valence-electron chi connectivity index (χ3n) is 4.69. The van der Waals surface area contributed by atoms with Crippen LogP contribution in [0.5, 0.6) is 5.75 Å². The molecule has 0 aliphatic carbocycles. The van der Waals surface area contributed by atoms with Crippen LogP contribution in [0.2, 0.25) is 0 Å². The number of aliphatic imine (C=N–C) groups is 1. The zero-order valence-electron chi connectivity index (χ0n) is 15.0. The van der Waals surface area contributed by atoms with E-state index in [1.54, 1.807) is 12.1 Å². The van der Waals surface area contributed by atoms with Crippen molar-refractivity contribution in [3.8, 4) is 5.75 Å². The molecule has 1 atom stereocenters. The van der Waals surface area contributed by atoms with Crippen molar-refractivity contribution in [2.24, 2.45) is 4.99 Å². The SMILES string of the molecule is Cc1ccc2c(c1)C(c1ccc(O)cc1)=NC(Cc1ccccc1)C(=O)N2. The minimum absolute atomic E-state index is 0.113. The third-order valence-corrected chi connectivity index (χ3v) is 4.69. The van der Waals surface area contributed by atoms with Crippen LogP contribution >= 0.6 is 0 Å². The zero-order valence-corrected chi connectivity index (χ0v) is 15.0. The molecule has 4 rings (SSSR count). The van der Waals surface area contributed by atoms with Crippen LogP contribution < -0.4 is 5.32 Å². The molecule has 27 heavy (non-hydrogen) atoms. The number of nitrogens with one attached hydrogen (secondary N) is 1. The maximum Gasteiger partial charge on any atom is 0.249 e. The summed E-state index contributed by atoms with van der Waals surface area (Å²) in [6, 6.07) is 22.2. The van der Waals surface area contributed by atoms with Crippen molar-refractivity contribution in [2.75, 3.05) is 5.32 Å². The third kappa shape index (κ3) is 3.60. The molecule has 134 valence electrons. The van der Waals surface area contributed by atoms with Gasteiger partial charge >= 0.3 is 0 Å². The van der Waals surface area contributed by atoms with E-state index in [1.807, 2.05) is 67.6 Å². The number of anilines is 1. The lowest BCUT2D eigenvalue weighted by Gasteiger charge is -2.11. The lowest BCUT2D eigenvalue weighted by molar-refractivity contribution is -0.117. The number of aryl methyl sites for hydroxylation is 1. The Hall–Kier alpha value is -3.40. The van der Waals surface area contributed by atoms with E-state index in [4.69, 9.17) is 4.99 Å². The summed E-state index contributed by atoms with van der Waals surface area (Å²) >= 11 is 0. The summed E-state index contributed by atoms with van der Waals surface area (Å²) in [5.74, 6) is 0.0882. The Morgan fingerprint density at radius 1 is 1.00 bits per heavy atom. The molecule has 0 spiro atoms. The summed E-state index contributed by atoms with van der Waals surface area (Å²) in [5.41, 5.74) is 5.43. The lowest BCUT2D eigenvalue weighted by Crippen LogP contribution is -2.27. The van der Waals surface area contributed by atoms with Crippen LogP contribution in [0.1, 0.15) is 22.3 Å². The van der Waals surface area contributed by atoms with Crippen molar-refractivity contribution in [1.82, 2.24) is 0 Å². The van der Waals surface area contributed by atoms with Crippen molar-refractivity contribution in [3.63, 3.8) is 0 Å². The molecule has 0 fully saturated rings. The Kier molecular flexibility index (Phi) is 4.47. The summed E-state index contributed by atoms with van der Waals surface area (Å²) in [7, 11) is 0. The Morgan fingerprint density at radius 2 is 1.74 bits per heavy atom. The molecule has 2 N–H and O–H groups in total. The molecule has 3 aromatic rings. The molecular weight excluding hydrogens is 336 g/mol. The molecule has 1 amide bonds. The van der Waals surface area contributed by atoms with Gasteiger partial charge in [0.05, 0.1) is 11.4 Å². The highest BCUT2D eigenvalue weighted by Crippen LogP contribution is 2.27. The van der Waals surface area contributed by atoms with E-state index in [-0.39, 0.29) is 11.7 Å². The number of nitrogens with zero attached hydrogens (tertiary/aromatic N) is 1. The number of carbonyl (C=O) groups excluding carboxylic acids is 1. The predicted molar refractivity (Wildman–Crippen MR) is 107 cm³/mol. The minimum Gasteiger partial charge on any atom is -0.508 e. The number of fused-ring (bicyclic) bond motifs is 1. The average Bonchev–Trinajstić information content (AvgIpc) is 2.80. The maximum atomic E-state index is 12.8. The Bertz CT molecular complexity index is 1010. The Morgan fingerprint density at radius 3 is 2.48 bits per heavy atom. The van der Waals surface area contributed by atoms with Crippen LogP contribution in [-0.4, -0.2) is 22.8 Å². The molecule has 1 heterocycles. The molecular formula is C23H20N2O2. The van der Waals surface area contributed by atoms with Gasteiger partial charge in [0, 0.05) is 17.5 Å². The summed E-state index contributed by atoms with van der Waals surface area (Å²) < 4.78 is 0. The number of phenols is 1. The number of aromatic hydroxyl groups is 1. The second-order valence-electron chi connectivity index (χ2n) is 6.77.